The van der Waals surface area contributed by atoms with E-state index in [9.17, 15) is 23.3 Å². The molecule has 0 saturated carbocycles. The molecule has 0 bridgehead atoms. The summed E-state index contributed by atoms with van der Waals surface area (Å²) in [5.74, 6) is -0.149. The van der Waals surface area contributed by atoms with Crippen molar-refractivity contribution in [2.75, 3.05) is 24.2 Å². The van der Waals surface area contributed by atoms with E-state index in [2.05, 4.69) is 5.32 Å². The predicted molar refractivity (Wildman–Crippen MR) is 83.1 cm³/mol. The minimum Gasteiger partial charge on any atom is -0.356 e. The number of hydrogen-bond acceptors (Lipinski definition) is 7. The van der Waals surface area contributed by atoms with Gasteiger partial charge >= 0.3 is 5.69 Å². The molecular formula is C12H17N3O5S2. The van der Waals surface area contributed by atoms with Crippen LogP contribution in [0.15, 0.2) is 10.3 Å². The summed E-state index contributed by atoms with van der Waals surface area (Å²) in [4.78, 5) is 23.5. The number of sulfone groups is 1. The first kappa shape index (κ1) is 16.7. The lowest BCUT2D eigenvalue weighted by Crippen LogP contribution is -2.47. The summed E-state index contributed by atoms with van der Waals surface area (Å²) < 4.78 is 23.2. The van der Waals surface area contributed by atoms with Crippen molar-refractivity contribution in [3.8, 4) is 0 Å². The Morgan fingerprint density at radius 3 is 2.77 bits per heavy atom. The first-order chi connectivity index (χ1) is 10.2. The van der Waals surface area contributed by atoms with Gasteiger partial charge in [0.25, 0.3) is 0 Å². The summed E-state index contributed by atoms with van der Waals surface area (Å²) in [5, 5.41) is 14.3. The second-order valence-corrected chi connectivity index (χ2v) is 8.54. The van der Waals surface area contributed by atoms with Crippen molar-refractivity contribution in [3.63, 3.8) is 0 Å². The standard InChI is InChI=1S/C12H17N3O5S2/c1-8(16)13-9-4-3-5-14(7-9)12-10(15(17)18)6-11(21-12)22(2,19)20/h6,9H,3-5,7H2,1-2H3,(H,13,16). The van der Waals surface area contributed by atoms with Crippen molar-refractivity contribution < 1.29 is 18.1 Å². The van der Waals surface area contributed by atoms with Crippen LogP contribution in [-0.2, 0) is 14.6 Å². The third-order valence-corrected chi connectivity index (χ3v) is 6.34. The highest BCUT2D eigenvalue weighted by molar-refractivity contribution is 7.92. The number of carbonyl (C=O) groups is 1. The van der Waals surface area contributed by atoms with Gasteiger partial charge in [-0.3, -0.25) is 14.9 Å². The minimum atomic E-state index is -3.49. The second kappa shape index (κ2) is 6.21. The van der Waals surface area contributed by atoms with Crippen LogP contribution in [0.1, 0.15) is 19.8 Å². The number of piperidine rings is 1. The Bertz CT molecular complexity index is 698. The van der Waals surface area contributed by atoms with Crippen molar-refractivity contribution >= 4 is 37.8 Å². The van der Waals surface area contributed by atoms with Crippen LogP contribution >= 0.6 is 11.3 Å². The van der Waals surface area contributed by atoms with E-state index in [4.69, 9.17) is 0 Å². The molecule has 0 aliphatic carbocycles. The maximum absolute atomic E-state index is 11.6. The Balaban J connectivity index is 2.32. The molecule has 1 amide bonds. The lowest BCUT2D eigenvalue weighted by Gasteiger charge is -2.33. The van der Waals surface area contributed by atoms with Crippen molar-refractivity contribution in [2.24, 2.45) is 0 Å². The Morgan fingerprint density at radius 2 is 2.23 bits per heavy atom. The van der Waals surface area contributed by atoms with Crippen molar-refractivity contribution in [2.45, 2.75) is 30.0 Å². The summed E-state index contributed by atoms with van der Waals surface area (Å²) in [6.45, 7) is 2.46. The van der Waals surface area contributed by atoms with E-state index in [1.54, 1.807) is 4.90 Å². The Labute approximate surface area is 132 Å². The largest absolute Gasteiger partial charge is 0.356 e. The molecule has 10 heteroatoms. The van der Waals surface area contributed by atoms with E-state index >= 15 is 0 Å². The van der Waals surface area contributed by atoms with Gasteiger partial charge in [-0.15, -0.1) is 0 Å². The van der Waals surface area contributed by atoms with Crippen LogP contribution in [0.4, 0.5) is 10.7 Å². The summed E-state index contributed by atoms with van der Waals surface area (Å²) in [6.07, 6.45) is 2.60. The molecule has 122 valence electrons. The molecule has 1 aliphatic heterocycles. The van der Waals surface area contributed by atoms with Gasteiger partial charge in [0, 0.05) is 38.4 Å². The van der Waals surface area contributed by atoms with Gasteiger partial charge in [0.15, 0.2) is 14.8 Å². The van der Waals surface area contributed by atoms with Crippen LogP contribution in [0, 0.1) is 10.1 Å². The second-order valence-electron chi connectivity index (χ2n) is 5.27. The molecule has 2 heterocycles. The fraction of sp³-hybridized carbons (Fsp3) is 0.583. The monoisotopic (exact) mass is 347 g/mol. The van der Waals surface area contributed by atoms with Crippen molar-refractivity contribution in [1.82, 2.24) is 5.32 Å². The number of anilines is 1. The average Bonchev–Trinajstić information content (AvgIpc) is 2.83. The molecule has 2 rings (SSSR count). The molecule has 0 aromatic carbocycles. The number of hydrogen-bond donors (Lipinski definition) is 1. The number of nitrogens with zero attached hydrogens (tertiary/aromatic N) is 2. The highest BCUT2D eigenvalue weighted by atomic mass is 32.2. The molecule has 1 N–H and O–H groups in total. The highest BCUT2D eigenvalue weighted by Crippen LogP contribution is 2.40. The highest BCUT2D eigenvalue weighted by Gasteiger charge is 2.30. The molecule has 8 nitrogen and oxygen atoms in total. The molecular weight excluding hydrogens is 330 g/mol. The Hall–Kier alpha value is -1.68. The van der Waals surface area contributed by atoms with Crippen LogP contribution in [0.25, 0.3) is 0 Å². The van der Waals surface area contributed by atoms with Crippen LogP contribution in [0.2, 0.25) is 0 Å². The maximum atomic E-state index is 11.6. The lowest BCUT2D eigenvalue weighted by atomic mass is 10.1. The summed E-state index contributed by atoms with van der Waals surface area (Å²) in [6, 6.07) is 1.02. The first-order valence-corrected chi connectivity index (χ1v) is 9.39. The van der Waals surface area contributed by atoms with Gasteiger partial charge in [-0.1, -0.05) is 11.3 Å². The van der Waals surface area contributed by atoms with Gasteiger partial charge in [0.1, 0.15) is 4.21 Å². The molecule has 1 aromatic heterocycles. The third-order valence-electron chi connectivity index (χ3n) is 3.35. The number of nitro groups is 1. The summed E-state index contributed by atoms with van der Waals surface area (Å²) >= 11 is 0.906. The maximum Gasteiger partial charge on any atom is 0.305 e. The van der Waals surface area contributed by atoms with Gasteiger partial charge in [-0.2, -0.15) is 0 Å². The van der Waals surface area contributed by atoms with Crippen molar-refractivity contribution in [3.05, 3.63) is 16.2 Å². The predicted octanol–water partition coefficient (Wildman–Crippen LogP) is 1.16. The molecule has 1 fully saturated rings. The smallest absolute Gasteiger partial charge is 0.305 e. The first-order valence-electron chi connectivity index (χ1n) is 6.69. The van der Waals surface area contributed by atoms with Gasteiger partial charge in [-0.25, -0.2) is 8.42 Å². The molecule has 1 aromatic rings. The van der Waals surface area contributed by atoms with Gasteiger partial charge in [0.05, 0.1) is 4.92 Å². The molecule has 0 radical (unpaired) electrons. The normalized spacial score (nSPS) is 19.0. The quantitative estimate of drug-likeness (QED) is 0.646. The Kier molecular flexibility index (Phi) is 4.71. The van der Waals surface area contributed by atoms with E-state index in [0.717, 1.165) is 36.5 Å². The van der Waals surface area contributed by atoms with E-state index < -0.39 is 14.8 Å². The van der Waals surface area contributed by atoms with Crippen LogP contribution < -0.4 is 10.2 Å². The summed E-state index contributed by atoms with van der Waals surface area (Å²) in [5.41, 5.74) is -0.200. The zero-order valence-electron chi connectivity index (χ0n) is 12.2. The topological polar surface area (TPSA) is 110 Å². The fourth-order valence-electron chi connectivity index (χ4n) is 2.46. The number of rotatable bonds is 4. The number of carbonyl (C=O) groups excluding carboxylic acids is 1. The number of nitrogens with one attached hydrogen (secondary N) is 1. The van der Waals surface area contributed by atoms with E-state index in [1.807, 2.05) is 0 Å². The molecule has 22 heavy (non-hydrogen) atoms. The molecule has 1 unspecified atom stereocenters. The number of amides is 1. The SMILES string of the molecule is CC(=O)NC1CCCN(c2sc(S(C)(=O)=O)cc2[N+](=O)[O-])C1. The van der Waals surface area contributed by atoms with Crippen LogP contribution in [0.5, 0.6) is 0 Å². The van der Waals surface area contributed by atoms with E-state index in [1.165, 1.54) is 6.92 Å². The van der Waals surface area contributed by atoms with Crippen LogP contribution in [-0.4, -0.2) is 44.6 Å². The van der Waals surface area contributed by atoms with Gasteiger partial charge in [0.2, 0.25) is 5.91 Å². The van der Waals surface area contributed by atoms with E-state index in [0.29, 0.717) is 18.1 Å². The number of thiophene rings is 1. The van der Waals surface area contributed by atoms with Gasteiger partial charge in [-0.05, 0) is 12.8 Å². The van der Waals surface area contributed by atoms with Gasteiger partial charge < -0.3 is 10.2 Å². The zero-order valence-corrected chi connectivity index (χ0v) is 13.9. The molecule has 1 atom stereocenters. The molecule has 0 spiro atoms. The molecule has 1 saturated heterocycles. The third kappa shape index (κ3) is 3.74. The zero-order chi connectivity index (χ0) is 16.5. The Morgan fingerprint density at radius 1 is 1.55 bits per heavy atom. The average molecular weight is 347 g/mol. The van der Waals surface area contributed by atoms with E-state index in [-0.39, 0.29) is 21.8 Å². The molecule has 1 aliphatic rings. The minimum absolute atomic E-state index is 0.0177. The van der Waals surface area contributed by atoms with Crippen LogP contribution in [0.3, 0.4) is 0 Å². The summed E-state index contributed by atoms with van der Waals surface area (Å²) in [7, 11) is -3.49. The lowest BCUT2D eigenvalue weighted by molar-refractivity contribution is -0.383. The van der Waals surface area contributed by atoms with Crippen molar-refractivity contribution in [1.29, 1.82) is 0 Å². The fourth-order valence-corrected chi connectivity index (χ4v) is 4.52.